The van der Waals surface area contributed by atoms with Gasteiger partial charge in [-0.2, -0.15) is 0 Å². The molecule has 5 aromatic rings. The molecule has 1 fully saturated rings. The van der Waals surface area contributed by atoms with Crippen LogP contribution in [-0.2, 0) is 28.1 Å². The van der Waals surface area contributed by atoms with E-state index in [1.807, 2.05) is 67.8 Å². The Morgan fingerprint density at radius 1 is 0.959 bits per heavy atom. The smallest absolute Gasteiger partial charge is 0.261 e. The number of benzene rings is 1. The molecular formula is C37H37N6O5S-. The van der Waals surface area contributed by atoms with Crippen molar-refractivity contribution in [2.45, 2.75) is 45.9 Å². The number of pyridine rings is 4. The number of aryl methyl sites for hydroxylation is 3. The Balaban J connectivity index is 1.36. The van der Waals surface area contributed by atoms with E-state index in [2.05, 4.69) is 20.3 Å². The highest BCUT2D eigenvalue weighted by molar-refractivity contribution is 7.78. The molecule has 49 heavy (non-hydrogen) atoms. The van der Waals surface area contributed by atoms with Gasteiger partial charge >= 0.3 is 0 Å². The Morgan fingerprint density at radius 2 is 1.67 bits per heavy atom. The van der Waals surface area contributed by atoms with Crippen molar-refractivity contribution in [2.75, 3.05) is 24.3 Å². The molecular weight excluding hydrogens is 641 g/mol. The Kier molecular flexibility index (Phi) is 10.1. The molecule has 1 unspecified atom stereocenters. The minimum Gasteiger partial charge on any atom is -0.772 e. The van der Waals surface area contributed by atoms with Gasteiger partial charge in [-0.15, -0.1) is 0 Å². The quantitative estimate of drug-likeness (QED) is 0.189. The molecule has 12 heteroatoms. The van der Waals surface area contributed by atoms with E-state index in [-0.39, 0.29) is 22.8 Å². The molecule has 11 nitrogen and oxygen atoms in total. The van der Waals surface area contributed by atoms with Crippen LogP contribution < -0.4 is 16.5 Å². The van der Waals surface area contributed by atoms with E-state index in [4.69, 9.17) is 10.5 Å². The van der Waals surface area contributed by atoms with E-state index in [0.29, 0.717) is 53.6 Å². The van der Waals surface area contributed by atoms with Gasteiger partial charge in [-0.05, 0) is 80.5 Å². The summed E-state index contributed by atoms with van der Waals surface area (Å²) in [6, 6.07) is 14.8. The van der Waals surface area contributed by atoms with E-state index in [1.54, 1.807) is 18.6 Å². The Hall–Kier alpha value is -5.04. The summed E-state index contributed by atoms with van der Waals surface area (Å²) in [5.74, 6) is -0.497. The van der Waals surface area contributed by atoms with E-state index in [0.717, 1.165) is 40.9 Å². The molecule has 3 N–H and O–H groups in total. The third-order valence-corrected chi connectivity index (χ3v) is 9.13. The summed E-state index contributed by atoms with van der Waals surface area (Å²) in [7, 11) is 0. The molecule has 1 saturated heterocycles. The molecule has 0 saturated carbocycles. The fourth-order valence-electron chi connectivity index (χ4n) is 6.14. The SMILES string of the molecule is Cc1ccc(-c2cn(CC3CCOCC3)cc(C(=O)Nc3cnc(-c4cc(-c5cc(C)nc(C)c5)cnc4N)c(CS(=O)[O-])c3)c2=O)cc1. The summed E-state index contributed by atoms with van der Waals surface area (Å²) in [6.07, 6.45) is 8.23. The minimum atomic E-state index is -2.48. The Labute approximate surface area is 286 Å². The number of amides is 1. The van der Waals surface area contributed by atoms with Crippen LogP contribution in [0.4, 0.5) is 11.5 Å². The molecule has 1 aromatic carbocycles. The largest absolute Gasteiger partial charge is 0.772 e. The molecule has 252 valence electrons. The van der Waals surface area contributed by atoms with E-state index in [1.165, 1.54) is 12.3 Å². The highest BCUT2D eigenvalue weighted by atomic mass is 32.2. The number of carbonyl (C=O) groups excluding carboxylic acids is 1. The standard InChI is InChI=1S/C37H38N6O5S/c1-22-4-6-26(7-5-22)32-19-43(18-25-8-10-48-11-9-25)20-33(35(32)44)37(45)42-30-14-29(21-49(46)47)34(39-17-30)31-15-28(16-40-36(31)38)27-12-23(2)41-24(3)13-27/h4-7,12-17,19-20,25H,8-11,18,21H2,1-3H3,(H2,38,40)(H,42,45)(H,46,47)/p-1. The number of aromatic nitrogens is 4. The van der Waals surface area contributed by atoms with Crippen LogP contribution in [0.1, 0.15) is 45.7 Å². The van der Waals surface area contributed by atoms with Gasteiger partial charge in [0.05, 0.1) is 17.6 Å². The molecule has 1 aliphatic heterocycles. The van der Waals surface area contributed by atoms with Gasteiger partial charge < -0.3 is 24.9 Å². The maximum absolute atomic E-state index is 13.8. The third-order valence-electron chi connectivity index (χ3n) is 8.58. The molecule has 0 radical (unpaired) electrons. The summed E-state index contributed by atoms with van der Waals surface area (Å²) >= 11 is -2.48. The van der Waals surface area contributed by atoms with Crippen molar-refractivity contribution in [2.24, 2.45) is 5.92 Å². The van der Waals surface area contributed by atoms with Gasteiger partial charge in [0.15, 0.2) is 0 Å². The van der Waals surface area contributed by atoms with Crippen LogP contribution in [0.25, 0.3) is 33.5 Å². The van der Waals surface area contributed by atoms with E-state index < -0.39 is 22.4 Å². The van der Waals surface area contributed by atoms with Crippen LogP contribution in [0, 0.1) is 26.7 Å². The number of hydrogen-bond donors (Lipinski definition) is 2. The van der Waals surface area contributed by atoms with Gasteiger partial charge in [-0.25, -0.2) is 4.98 Å². The van der Waals surface area contributed by atoms with Crippen LogP contribution in [-0.4, -0.2) is 47.4 Å². The number of anilines is 2. The zero-order chi connectivity index (χ0) is 34.7. The van der Waals surface area contributed by atoms with Crippen molar-refractivity contribution < 1.29 is 18.3 Å². The summed E-state index contributed by atoms with van der Waals surface area (Å²) < 4.78 is 31.4. The number of nitrogen functional groups attached to an aromatic ring is 1. The van der Waals surface area contributed by atoms with E-state index >= 15 is 0 Å². The summed E-state index contributed by atoms with van der Waals surface area (Å²) in [4.78, 5) is 40.9. The second-order valence-electron chi connectivity index (χ2n) is 12.5. The van der Waals surface area contributed by atoms with Crippen LogP contribution >= 0.6 is 0 Å². The number of carbonyl (C=O) groups is 1. The molecule has 0 bridgehead atoms. The number of nitrogens with one attached hydrogen (secondary N) is 1. The van der Waals surface area contributed by atoms with Gasteiger partial charge in [0.1, 0.15) is 11.4 Å². The van der Waals surface area contributed by atoms with Crippen molar-refractivity contribution in [1.82, 2.24) is 19.5 Å². The zero-order valence-electron chi connectivity index (χ0n) is 27.6. The second-order valence-corrected chi connectivity index (χ2v) is 13.4. The first-order chi connectivity index (χ1) is 23.5. The second kappa shape index (κ2) is 14.6. The highest BCUT2D eigenvalue weighted by Gasteiger charge is 2.21. The molecule has 1 atom stereocenters. The molecule has 6 rings (SSSR count). The predicted molar refractivity (Wildman–Crippen MR) is 190 cm³/mol. The van der Waals surface area contributed by atoms with E-state index in [9.17, 15) is 18.4 Å². The van der Waals surface area contributed by atoms with Crippen LogP contribution in [0.2, 0.25) is 0 Å². The van der Waals surface area contributed by atoms with Crippen molar-refractivity contribution >= 4 is 28.5 Å². The van der Waals surface area contributed by atoms with Crippen molar-refractivity contribution in [3.63, 3.8) is 0 Å². The maximum Gasteiger partial charge on any atom is 0.261 e. The van der Waals surface area contributed by atoms with Crippen LogP contribution in [0.3, 0.4) is 0 Å². The number of rotatable bonds is 9. The molecule has 5 heterocycles. The number of ether oxygens (including phenoxy) is 1. The lowest BCUT2D eigenvalue weighted by Crippen LogP contribution is -2.26. The minimum absolute atomic E-state index is 0.0350. The lowest BCUT2D eigenvalue weighted by molar-refractivity contribution is 0.0612. The lowest BCUT2D eigenvalue weighted by atomic mass is 9.99. The van der Waals surface area contributed by atoms with Crippen LogP contribution in [0.15, 0.2) is 78.1 Å². The van der Waals surface area contributed by atoms with Crippen molar-refractivity contribution in [3.8, 4) is 33.5 Å². The average molecular weight is 678 g/mol. The summed E-state index contributed by atoms with van der Waals surface area (Å²) in [6.45, 7) is 7.76. The first kappa shape index (κ1) is 33.8. The monoisotopic (exact) mass is 677 g/mol. The first-order valence-corrected chi connectivity index (χ1v) is 17.2. The van der Waals surface area contributed by atoms with Crippen molar-refractivity contribution in [3.05, 3.63) is 112 Å². The number of nitrogens with two attached hydrogens (primary N) is 1. The van der Waals surface area contributed by atoms with Gasteiger partial charge in [0.25, 0.3) is 5.91 Å². The zero-order valence-corrected chi connectivity index (χ0v) is 28.4. The predicted octanol–water partition coefficient (Wildman–Crippen LogP) is 5.60. The molecule has 0 spiro atoms. The molecule has 1 amide bonds. The third kappa shape index (κ3) is 7.99. The Bertz CT molecular complexity index is 2090. The lowest BCUT2D eigenvalue weighted by Gasteiger charge is -2.23. The molecule has 4 aromatic heterocycles. The van der Waals surface area contributed by atoms with Gasteiger partial charge in [0.2, 0.25) is 5.43 Å². The van der Waals surface area contributed by atoms with Gasteiger partial charge in [-0.3, -0.25) is 23.8 Å². The molecule has 1 aliphatic rings. The average Bonchev–Trinajstić information content (AvgIpc) is 3.06. The fraction of sp³-hybridized carbons (Fsp3) is 0.270. The fourth-order valence-corrected chi connectivity index (χ4v) is 6.62. The normalized spacial score (nSPS) is 14.0. The highest BCUT2D eigenvalue weighted by Crippen LogP contribution is 2.33. The van der Waals surface area contributed by atoms with Gasteiger partial charge in [-0.1, -0.05) is 40.9 Å². The van der Waals surface area contributed by atoms with Gasteiger partial charge in [0, 0.05) is 72.2 Å². The number of hydrogen-bond acceptors (Lipinski definition) is 9. The summed E-state index contributed by atoms with van der Waals surface area (Å²) in [5.41, 5.74) is 12.7. The number of nitrogens with zero attached hydrogens (tertiary/aromatic N) is 4. The van der Waals surface area contributed by atoms with Crippen LogP contribution in [0.5, 0.6) is 0 Å². The molecule has 0 aliphatic carbocycles. The summed E-state index contributed by atoms with van der Waals surface area (Å²) in [5, 5.41) is 2.78. The maximum atomic E-state index is 13.8. The Morgan fingerprint density at radius 3 is 2.37 bits per heavy atom. The first-order valence-electron chi connectivity index (χ1n) is 16.0. The topological polar surface area (TPSA) is 165 Å². The van der Waals surface area contributed by atoms with Crippen molar-refractivity contribution in [1.29, 1.82) is 0 Å².